The molecule has 20 heavy (non-hydrogen) atoms. The Morgan fingerprint density at radius 2 is 1.70 bits per heavy atom. The summed E-state index contributed by atoms with van der Waals surface area (Å²) in [5.41, 5.74) is 2.35. The number of nitrogens with zero attached hydrogens (tertiary/aromatic N) is 3. The van der Waals surface area contributed by atoms with Gasteiger partial charge in [-0.1, -0.05) is 30.4 Å². The second-order valence-electron chi connectivity index (χ2n) is 5.04. The summed E-state index contributed by atoms with van der Waals surface area (Å²) >= 11 is 5.19. The van der Waals surface area contributed by atoms with Gasteiger partial charge in [-0.25, -0.2) is 4.98 Å². The third-order valence-electron chi connectivity index (χ3n) is 3.57. The maximum absolute atomic E-state index is 5.19. The van der Waals surface area contributed by atoms with Crippen LogP contribution in [0, 0.1) is 11.6 Å². The first-order chi connectivity index (χ1) is 9.72. The zero-order valence-electron chi connectivity index (χ0n) is 11.5. The Morgan fingerprint density at radius 1 is 1.05 bits per heavy atom. The minimum Gasteiger partial charge on any atom is -0.368 e. The highest BCUT2D eigenvalue weighted by Crippen LogP contribution is 2.17. The number of H-pyrrole nitrogens is 1. The summed E-state index contributed by atoms with van der Waals surface area (Å²) in [6, 6.07) is 12.4. The molecule has 0 radical (unpaired) electrons. The van der Waals surface area contributed by atoms with Gasteiger partial charge in [0.25, 0.3) is 0 Å². The Bertz CT molecular complexity index is 630. The zero-order chi connectivity index (χ0) is 13.9. The van der Waals surface area contributed by atoms with Crippen LogP contribution in [0.1, 0.15) is 5.69 Å². The normalized spacial score (nSPS) is 15.4. The molecule has 1 N–H and O–H groups in total. The summed E-state index contributed by atoms with van der Waals surface area (Å²) < 4.78 is 0.654. The first kappa shape index (κ1) is 13.1. The van der Waals surface area contributed by atoms with E-state index < -0.39 is 0 Å². The predicted molar refractivity (Wildman–Crippen MR) is 85.0 cm³/mol. The molecule has 0 amide bonds. The molecule has 0 atom stereocenters. The van der Waals surface area contributed by atoms with Crippen LogP contribution < -0.4 is 9.80 Å². The van der Waals surface area contributed by atoms with Gasteiger partial charge in [0.05, 0.1) is 0 Å². The number of aromatic amines is 1. The molecule has 4 nitrogen and oxygen atoms in total. The highest BCUT2D eigenvalue weighted by atomic mass is 32.1. The van der Waals surface area contributed by atoms with E-state index in [1.807, 2.05) is 13.0 Å². The Labute approximate surface area is 124 Å². The number of hydrogen-bond acceptors (Lipinski definition) is 4. The fraction of sp³-hybridized carbons (Fsp3) is 0.333. The molecule has 1 aliphatic heterocycles. The Hall–Kier alpha value is -1.88. The fourth-order valence-corrected chi connectivity index (χ4v) is 2.79. The van der Waals surface area contributed by atoms with E-state index in [4.69, 9.17) is 12.2 Å². The van der Waals surface area contributed by atoms with Crippen LogP contribution in [0.5, 0.6) is 0 Å². The SMILES string of the molecule is Cc1cc(=S)nc(N2CCN(c3ccccc3)CC2)[nH]1. The first-order valence-electron chi connectivity index (χ1n) is 6.85. The van der Waals surface area contributed by atoms with Crippen molar-refractivity contribution in [1.82, 2.24) is 9.97 Å². The quantitative estimate of drug-likeness (QED) is 0.861. The van der Waals surface area contributed by atoms with Gasteiger partial charge in [0.1, 0.15) is 4.64 Å². The maximum Gasteiger partial charge on any atom is 0.204 e. The number of piperazine rings is 1. The van der Waals surface area contributed by atoms with Crippen LogP contribution in [0.3, 0.4) is 0 Å². The molecule has 1 saturated heterocycles. The maximum atomic E-state index is 5.19. The number of anilines is 2. The molecule has 0 unspecified atom stereocenters. The lowest BCUT2D eigenvalue weighted by molar-refractivity contribution is 0.639. The van der Waals surface area contributed by atoms with Crippen molar-refractivity contribution >= 4 is 23.9 Å². The number of nitrogens with one attached hydrogen (secondary N) is 1. The average Bonchev–Trinajstić information content (AvgIpc) is 2.47. The molecule has 1 aliphatic rings. The topological polar surface area (TPSA) is 35.2 Å². The Kier molecular flexibility index (Phi) is 3.69. The van der Waals surface area contributed by atoms with Gasteiger partial charge in [0.15, 0.2) is 0 Å². The molecule has 0 saturated carbocycles. The largest absolute Gasteiger partial charge is 0.368 e. The van der Waals surface area contributed by atoms with Crippen LogP contribution in [-0.2, 0) is 0 Å². The zero-order valence-corrected chi connectivity index (χ0v) is 12.4. The van der Waals surface area contributed by atoms with E-state index in [0.717, 1.165) is 37.8 Å². The molecule has 0 spiro atoms. The van der Waals surface area contributed by atoms with E-state index >= 15 is 0 Å². The standard InChI is InChI=1S/C15H18N4S/c1-12-11-14(20)17-15(16-12)19-9-7-18(8-10-19)13-5-3-2-4-6-13/h2-6,11H,7-10H2,1H3,(H,16,17,20). The highest BCUT2D eigenvalue weighted by molar-refractivity contribution is 7.71. The van der Waals surface area contributed by atoms with Crippen LogP contribution in [0.25, 0.3) is 0 Å². The van der Waals surface area contributed by atoms with Crippen molar-refractivity contribution in [2.45, 2.75) is 6.92 Å². The minimum absolute atomic E-state index is 0.654. The Balaban J connectivity index is 1.71. The minimum atomic E-state index is 0.654. The van der Waals surface area contributed by atoms with Crippen LogP contribution in [-0.4, -0.2) is 36.1 Å². The van der Waals surface area contributed by atoms with Gasteiger partial charge in [-0.2, -0.15) is 0 Å². The van der Waals surface area contributed by atoms with E-state index in [9.17, 15) is 0 Å². The van der Waals surface area contributed by atoms with Gasteiger partial charge >= 0.3 is 0 Å². The third-order valence-corrected chi connectivity index (χ3v) is 3.77. The monoisotopic (exact) mass is 286 g/mol. The summed E-state index contributed by atoms with van der Waals surface area (Å²) in [4.78, 5) is 12.4. The van der Waals surface area contributed by atoms with Crippen molar-refractivity contribution in [2.24, 2.45) is 0 Å². The Morgan fingerprint density at radius 3 is 2.35 bits per heavy atom. The summed E-state index contributed by atoms with van der Waals surface area (Å²) in [6.07, 6.45) is 0. The van der Waals surface area contributed by atoms with Gasteiger partial charge in [0.2, 0.25) is 5.95 Å². The van der Waals surface area contributed by atoms with E-state index in [-0.39, 0.29) is 0 Å². The van der Waals surface area contributed by atoms with Gasteiger partial charge in [-0.15, -0.1) is 0 Å². The lowest BCUT2D eigenvalue weighted by atomic mass is 10.2. The van der Waals surface area contributed by atoms with Crippen molar-refractivity contribution in [1.29, 1.82) is 0 Å². The molecule has 1 fully saturated rings. The molecular weight excluding hydrogens is 268 g/mol. The van der Waals surface area contributed by atoms with Gasteiger partial charge in [-0.05, 0) is 25.1 Å². The lowest BCUT2D eigenvalue weighted by Crippen LogP contribution is -2.47. The molecule has 2 heterocycles. The number of aromatic nitrogens is 2. The predicted octanol–water partition coefficient (Wildman–Crippen LogP) is 2.77. The molecule has 104 valence electrons. The molecule has 1 aromatic carbocycles. The van der Waals surface area contributed by atoms with E-state index in [1.165, 1.54) is 5.69 Å². The van der Waals surface area contributed by atoms with Crippen molar-refractivity contribution in [3.63, 3.8) is 0 Å². The summed E-state index contributed by atoms with van der Waals surface area (Å²) in [5.74, 6) is 0.891. The second-order valence-corrected chi connectivity index (χ2v) is 5.45. The van der Waals surface area contributed by atoms with E-state index in [2.05, 4.69) is 50.1 Å². The van der Waals surface area contributed by atoms with Crippen molar-refractivity contribution < 1.29 is 0 Å². The molecule has 0 bridgehead atoms. The van der Waals surface area contributed by atoms with Crippen molar-refractivity contribution in [2.75, 3.05) is 36.0 Å². The lowest BCUT2D eigenvalue weighted by Gasteiger charge is -2.36. The van der Waals surface area contributed by atoms with Crippen molar-refractivity contribution in [3.8, 4) is 0 Å². The highest BCUT2D eigenvalue weighted by Gasteiger charge is 2.18. The molecule has 1 aromatic heterocycles. The van der Waals surface area contributed by atoms with E-state index in [1.54, 1.807) is 0 Å². The van der Waals surface area contributed by atoms with Gasteiger partial charge in [0, 0.05) is 37.6 Å². The van der Waals surface area contributed by atoms with E-state index in [0.29, 0.717) is 4.64 Å². The number of para-hydroxylation sites is 1. The van der Waals surface area contributed by atoms with Crippen LogP contribution >= 0.6 is 12.2 Å². The van der Waals surface area contributed by atoms with Crippen LogP contribution in [0.15, 0.2) is 36.4 Å². The van der Waals surface area contributed by atoms with Crippen molar-refractivity contribution in [3.05, 3.63) is 46.7 Å². The summed E-state index contributed by atoms with van der Waals surface area (Å²) in [6.45, 7) is 5.93. The summed E-state index contributed by atoms with van der Waals surface area (Å²) in [5, 5.41) is 0. The average molecular weight is 286 g/mol. The van der Waals surface area contributed by atoms with Crippen LogP contribution in [0.4, 0.5) is 11.6 Å². The fourth-order valence-electron chi connectivity index (χ4n) is 2.53. The smallest absolute Gasteiger partial charge is 0.204 e. The first-order valence-corrected chi connectivity index (χ1v) is 7.26. The molecular formula is C15H18N4S. The number of aryl methyl sites for hydroxylation is 1. The number of hydrogen-bond donors (Lipinski definition) is 1. The number of rotatable bonds is 2. The second kappa shape index (κ2) is 5.63. The van der Waals surface area contributed by atoms with Gasteiger partial charge in [-0.3, -0.25) is 0 Å². The van der Waals surface area contributed by atoms with Crippen LogP contribution in [0.2, 0.25) is 0 Å². The molecule has 5 heteroatoms. The molecule has 2 aromatic rings. The number of benzene rings is 1. The molecule has 0 aliphatic carbocycles. The summed E-state index contributed by atoms with van der Waals surface area (Å²) in [7, 11) is 0. The van der Waals surface area contributed by atoms with Gasteiger partial charge < -0.3 is 14.8 Å². The third kappa shape index (κ3) is 2.82. The molecule has 3 rings (SSSR count).